The molecule has 1 aliphatic rings. The lowest BCUT2D eigenvalue weighted by Crippen LogP contribution is -2.55. The van der Waals surface area contributed by atoms with Crippen molar-refractivity contribution in [1.82, 2.24) is 9.80 Å². The maximum Gasteiger partial charge on any atom is 0.320 e. The fourth-order valence-corrected chi connectivity index (χ4v) is 2.52. The molecule has 1 aromatic rings. The minimum Gasteiger partial charge on any atom is -0.480 e. The number of amides is 1. The van der Waals surface area contributed by atoms with Gasteiger partial charge in [-0.1, -0.05) is 12.1 Å². The lowest BCUT2D eigenvalue weighted by atomic mass is 10.2. The van der Waals surface area contributed by atoms with E-state index < -0.39 is 23.9 Å². The molecule has 2 rings (SSSR count). The van der Waals surface area contributed by atoms with Crippen LogP contribution in [0, 0.1) is 5.82 Å². The van der Waals surface area contributed by atoms with Crippen LogP contribution in [-0.2, 0) is 9.59 Å². The number of halogens is 2. The summed E-state index contributed by atoms with van der Waals surface area (Å²) >= 11 is 0. The first-order chi connectivity index (χ1) is 10.9. The molecule has 0 aromatic heterocycles. The van der Waals surface area contributed by atoms with E-state index in [0.29, 0.717) is 26.2 Å². The van der Waals surface area contributed by atoms with Gasteiger partial charge in [0.25, 0.3) is 5.91 Å². The highest BCUT2D eigenvalue weighted by Gasteiger charge is 2.29. The van der Waals surface area contributed by atoms with Gasteiger partial charge in [-0.05, 0) is 26.0 Å². The molecular weight excluding hydrogens is 339 g/mol. The van der Waals surface area contributed by atoms with Crippen LogP contribution in [0.2, 0.25) is 0 Å². The van der Waals surface area contributed by atoms with E-state index in [2.05, 4.69) is 0 Å². The van der Waals surface area contributed by atoms with Gasteiger partial charge in [0.15, 0.2) is 17.7 Å². The average Bonchev–Trinajstić information content (AvgIpc) is 2.55. The predicted molar refractivity (Wildman–Crippen MR) is 89.0 cm³/mol. The van der Waals surface area contributed by atoms with Gasteiger partial charge in [-0.2, -0.15) is 0 Å². The normalized spacial score (nSPS) is 17.5. The molecule has 1 saturated heterocycles. The smallest absolute Gasteiger partial charge is 0.320 e. The van der Waals surface area contributed by atoms with Crippen molar-refractivity contribution in [2.45, 2.75) is 26.0 Å². The van der Waals surface area contributed by atoms with Crippen LogP contribution in [0.4, 0.5) is 4.39 Å². The zero-order chi connectivity index (χ0) is 17.0. The van der Waals surface area contributed by atoms with Gasteiger partial charge in [0.1, 0.15) is 6.04 Å². The van der Waals surface area contributed by atoms with Gasteiger partial charge >= 0.3 is 5.97 Å². The monoisotopic (exact) mass is 360 g/mol. The van der Waals surface area contributed by atoms with Crippen molar-refractivity contribution in [3.63, 3.8) is 0 Å². The number of carbonyl (C=O) groups excluding carboxylic acids is 1. The van der Waals surface area contributed by atoms with Crippen LogP contribution >= 0.6 is 12.4 Å². The number of hydrogen-bond acceptors (Lipinski definition) is 4. The van der Waals surface area contributed by atoms with Crippen molar-refractivity contribution < 1.29 is 23.8 Å². The minimum absolute atomic E-state index is 0. The quantitative estimate of drug-likeness (QED) is 0.864. The van der Waals surface area contributed by atoms with Crippen LogP contribution in [0.3, 0.4) is 0 Å². The highest BCUT2D eigenvalue weighted by atomic mass is 35.5. The van der Waals surface area contributed by atoms with Gasteiger partial charge in [0.05, 0.1) is 0 Å². The molecule has 1 fully saturated rings. The first kappa shape index (κ1) is 20.2. The van der Waals surface area contributed by atoms with Gasteiger partial charge in [-0.3, -0.25) is 14.5 Å². The van der Waals surface area contributed by atoms with E-state index >= 15 is 0 Å². The third-order valence-corrected chi connectivity index (χ3v) is 4.02. The van der Waals surface area contributed by atoms with E-state index in [9.17, 15) is 14.0 Å². The molecule has 24 heavy (non-hydrogen) atoms. The van der Waals surface area contributed by atoms with E-state index in [-0.39, 0.29) is 24.1 Å². The van der Waals surface area contributed by atoms with Crippen LogP contribution < -0.4 is 4.74 Å². The molecule has 2 atom stereocenters. The number of carboxylic acids is 1. The number of aliphatic carboxylic acids is 1. The number of benzene rings is 1. The number of carbonyl (C=O) groups is 2. The van der Waals surface area contributed by atoms with Crippen molar-refractivity contribution in [2.75, 3.05) is 26.2 Å². The zero-order valence-electron chi connectivity index (χ0n) is 13.6. The van der Waals surface area contributed by atoms with E-state index in [1.165, 1.54) is 12.1 Å². The molecule has 1 aromatic carbocycles. The standard InChI is InChI=1S/C16H21FN2O4.ClH/c1-11(16(21)22)18-7-9-19(10-8-18)15(20)12(2)23-14-6-4-3-5-13(14)17;/h3-6,11-12H,7-10H2,1-2H3,(H,21,22);1H. The van der Waals surface area contributed by atoms with Crippen LogP contribution in [0.25, 0.3) is 0 Å². The molecule has 2 unspecified atom stereocenters. The average molecular weight is 361 g/mol. The molecule has 1 aliphatic heterocycles. The van der Waals surface area contributed by atoms with Gasteiger partial charge in [-0.15, -0.1) is 12.4 Å². The van der Waals surface area contributed by atoms with Gasteiger partial charge in [-0.25, -0.2) is 4.39 Å². The number of nitrogens with zero attached hydrogens (tertiary/aromatic N) is 2. The van der Waals surface area contributed by atoms with E-state index in [0.717, 1.165) is 0 Å². The maximum atomic E-state index is 13.6. The van der Waals surface area contributed by atoms with Crippen LogP contribution in [-0.4, -0.2) is 65.1 Å². The third-order valence-electron chi connectivity index (χ3n) is 4.02. The first-order valence-corrected chi connectivity index (χ1v) is 7.57. The Labute approximate surface area is 146 Å². The topological polar surface area (TPSA) is 70.1 Å². The Morgan fingerprint density at radius 1 is 1.17 bits per heavy atom. The summed E-state index contributed by atoms with van der Waals surface area (Å²) in [7, 11) is 0. The molecule has 8 heteroatoms. The SMILES string of the molecule is CC(Oc1ccccc1F)C(=O)N1CCN(C(C)C(=O)O)CC1.Cl. The zero-order valence-corrected chi connectivity index (χ0v) is 14.5. The number of hydrogen-bond donors (Lipinski definition) is 1. The summed E-state index contributed by atoms with van der Waals surface area (Å²) in [4.78, 5) is 26.8. The van der Waals surface area contributed by atoms with Gasteiger partial charge in [0, 0.05) is 26.2 Å². The molecule has 0 saturated carbocycles. The summed E-state index contributed by atoms with van der Waals surface area (Å²) in [6.45, 7) is 5.06. The maximum absolute atomic E-state index is 13.6. The van der Waals surface area contributed by atoms with Gasteiger partial charge in [0.2, 0.25) is 0 Å². The summed E-state index contributed by atoms with van der Waals surface area (Å²) in [5, 5.41) is 9.01. The number of carboxylic acid groups (broad SMARTS) is 1. The molecule has 0 aliphatic carbocycles. The Morgan fingerprint density at radius 3 is 2.29 bits per heavy atom. The Morgan fingerprint density at radius 2 is 1.75 bits per heavy atom. The lowest BCUT2D eigenvalue weighted by molar-refractivity contribution is -0.145. The second kappa shape index (κ2) is 8.84. The van der Waals surface area contributed by atoms with Crippen molar-refractivity contribution >= 4 is 24.3 Å². The Hall–Kier alpha value is -1.86. The minimum atomic E-state index is -0.874. The number of para-hydroxylation sites is 1. The Kier molecular flexibility index (Phi) is 7.44. The molecule has 134 valence electrons. The van der Waals surface area contributed by atoms with Crippen LogP contribution in [0.15, 0.2) is 24.3 Å². The Balaban J connectivity index is 0.00000288. The summed E-state index contributed by atoms with van der Waals surface area (Å²) in [5.41, 5.74) is 0. The van der Waals surface area contributed by atoms with Crippen molar-refractivity contribution in [3.05, 3.63) is 30.1 Å². The Bertz CT molecular complexity index is 579. The van der Waals surface area contributed by atoms with Crippen LogP contribution in [0.1, 0.15) is 13.8 Å². The fraction of sp³-hybridized carbons (Fsp3) is 0.500. The van der Waals surface area contributed by atoms with Crippen molar-refractivity contribution in [1.29, 1.82) is 0 Å². The van der Waals surface area contributed by atoms with Crippen molar-refractivity contribution in [2.24, 2.45) is 0 Å². The highest BCUT2D eigenvalue weighted by molar-refractivity contribution is 5.85. The summed E-state index contributed by atoms with van der Waals surface area (Å²) in [5.74, 6) is -1.56. The second-order valence-corrected chi connectivity index (χ2v) is 5.57. The second-order valence-electron chi connectivity index (χ2n) is 5.57. The molecular formula is C16H22ClFN2O4. The lowest BCUT2D eigenvalue weighted by Gasteiger charge is -2.37. The van der Waals surface area contributed by atoms with Crippen LogP contribution in [0.5, 0.6) is 5.75 Å². The first-order valence-electron chi connectivity index (χ1n) is 7.57. The fourth-order valence-electron chi connectivity index (χ4n) is 2.52. The van der Waals surface area contributed by atoms with E-state index in [4.69, 9.17) is 9.84 Å². The molecule has 1 amide bonds. The molecule has 1 N–H and O–H groups in total. The number of rotatable bonds is 5. The van der Waals surface area contributed by atoms with E-state index in [1.807, 2.05) is 4.90 Å². The van der Waals surface area contributed by atoms with Crippen molar-refractivity contribution in [3.8, 4) is 5.75 Å². The highest BCUT2D eigenvalue weighted by Crippen LogP contribution is 2.18. The molecule has 0 radical (unpaired) electrons. The number of ether oxygens (including phenoxy) is 1. The number of piperazine rings is 1. The summed E-state index contributed by atoms with van der Waals surface area (Å²) < 4.78 is 19.0. The molecule has 1 heterocycles. The molecule has 6 nitrogen and oxygen atoms in total. The summed E-state index contributed by atoms with van der Waals surface area (Å²) in [6, 6.07) is 5.38. The predicted octanol–water partition coefficient (Wildman–Crippen LogP) is 1.63. The summed E-state index contributed by atoms with van der Waals surface area (Å²) in [6.07, 6.45) is -0.796. The third kappa shape index (κ3) is 4.82. The van der Waals surface area contributed by atoms with E-state index in [1.54, 1.807) is 30.9 Å². The molecule has 0 bridgehead atoms. The molecule has 0 spiro atoms. The van der Waals surface area contributed by atoms with Gasteiger partial charge < -0.3 is 14.7 Å². The largest absolute Gasteiger partial charge is 0.480 e.